The van der Waals surface area contributed by atoms with Crippen molar-refractivity contribution < 1.29 is 4.42 Å². The highest BCUT2D eigenvalue weighted by Crippen LogP contribution is 2.36. The fraction of sp³-hybridized carbons (Fsp3) is 0. The molecule has 0 aliphatic heterocycles. The maximum absolute atomic E-state index is 6.14. The van der Waals surface area contributed by atoms with Crippen molar-refractivity contribution in [2.45, 2.75) is 0 Å². The second-order valence-electron chi connectivity index (χ2n) is 8.32. The zero-order valence-electron chi connectivity index (χ0n) is 17.3. The van der Waals surface area contributed by atoms with E-state index in [1.54, 1.807) is 0 Å². The summed E-state index contributed by atoms with van der Waals surface area (Å²) in [4.78, 5) is 0. The minimum atomic E-state index is 0.909. The van der Waals surface area contributed by atoms with E-state index in [-0.39, 0.29) is 0 Å². The van der Waals surface area contributed by atoms with E-state index < -0.39 is 0 Å². The van der Waals surface area contributed by atoms with E-state index in [1.807, 2.05) is 0 Å². The van der Waals surface area contributed by atoms with E-state index in [2.05, 4.69) is 115 Å². The van der Waals surface area contributed by atoms with Crippen LogP contribution in [0.5, 0.6) is 0 Å². The van der Waals surface area contributed by atoms with Gasteiger partial charge in [0.25, 0.3) is 0 Å². The maximum atomic E-state index is 6.14. The normalized spacial score (nSPS) is 11.8. The Morgan fingerprint density at radius 3 is 1.97 bits per heavy atom. The number of hydrogen-bond acceptors (Lipinski definition) is 2. The molecule has 7 aromatic rings. The van der Waals surface area contributed by atoms with Crippen molar-refractivity contribution in [3.05, 3.63) is 109 Å². The van der Waals surface area contributed by atoms with E-state index in [0.717, 1.165) is 27.9 Å². The first kappa shape index (κ1) is 17.4. The van der Waals surface area contributed by atoms with Crippen molar-refractivity contribution in [3.63, 3.8) is 0 Å². The Labute approximate surface area is 184 Å². The molecule has 0 atom stereocenters. The summed E-state index contributed by atoms with van der Waals surface area (Å²) in [5.41, 5.74) is 3.96. The van der Waals surface area contributed by atoms with Crippen molar-refractivity contribution in [1.29, 1.82) is 0 Å². The Kier molecular flexibility index (Phi) is 3.58. The lowest BCUT2D eigenvalue weighted by molar-refractivity contribution is 0.669. The number of benzene rings is 6. The van der Waals surface area contributed by atoms with E-state index in [1.165, 1.54) is 37.7 Å². The minimum absolute atomic E-state index is 0.909. The Balaban J connectivity index is 1.35. The maximum Gasteiger partial charge on any atom is 0.136 e. The lowest BCUT2D eigenvalue weighted by atomic mass is 10.0. The molecule has 0 aliphatic rings. The average molecular weight is 409 g/mol. The molecule has 0 radical (unpaired) electrons. The van der Waals surface area contributed by atoms with Crippen LogP contribution in [0.15, 0.2) is 114 Å². The zero-order chi connectivity index (χ0) is 21.1. The fourth-order valence-electron chi connectivity index (χ4n) is 4.88. The monoisotopic (exact) mass is 409 g/mol. The second kappa shape index (κ2) is 6.60. The molecule has 0 saturated heterocycles. The van der Waals surface area contributed by atoms with Crippen LogP contribution in [-0.2, 0) is 0 Å². The predicted molar refractivity (Wildman–Crippen MR) is 136 cm³/mol. The summed E-state index contributed by atoms with van der Waals surface area (Å²) >= 11 is 0. The molecular weight excluding hydrogens is 390 g/mol. The van der Waals surface area contributed by atoms with E-state index in [4.69, 9.17) is 4.42 Å². The molecule has 1 heterocycles. The number of rotatable bonds is 2. The number of nitrogens with one attached hydrogen (secondary N) is 1. The fourth-order valence-corrected chi connectivity index (χ4v) is 4.88. The molecule has 1 N–H and O–H groups in total. The SMILES string of the molecule is c1ccc2c(c1)ccc1cc(Nc3ccc4oc5ccc6ccccc6c5c4c3)ccc12. The molecule has 2 nitrogen and oxygen atoms in total. The highest BCUT2D eigenvalue weighted by atomic mass is 16.3. The van der Waals surface area contributed by atoms with E-state index in [9.17, 15) is 0 Å². The van der Waals surface area contributed by atoms with Crippen molar-refractivity contribution >= 4 is 65.6 Å². The van der Waals surface area contributed by atoms with Gasteiger partial charge in [-0.25, -0.2) is 0 Å². The zero-order valence-corrected chi connectivity index (χ0v) is 17.3. The molecule has 150 valence electrons. The Bertz CT molecular complexity index is 1810. The standard InChI is InChI=1S/C30H19NO/c1-3-7-24-19(5-1)9-10-21-17-22(12-14-25(21)24)31-23-13-16-28-27(18-23)30-26-8-4-2-6-20(26)11-15-29(30)32-28/h1-18,31H. The molecule has 0 amide bonds. The van der Waals surface area contributed by atoms with Crippen molar-refractivity contribution in [1.82, 2.24) is 0 Å². The third kappa shape index (κ3) is 2.60. The first-order valence-electron chi connectivity index (χ1n) is 10.9. The quantitative estimate of drug-likeness (QED) is 0.289. The molecule has 1 aromatic heterocycles. The summed E-state index contributed by atoms with van der Waals surface area (Å²) in [7, 11) is 0. The summed E-state index contributed by atoms with van der Waals surface area (Å²) in [6.45, 7) is 0. The van der Waals surface area contributed by atoms with E-state index in [0.29, 0.717) is 0 Å². The molecule has 2 heteroatoms. The van der Waals surface area contributed by atoms with Gasteiger partial charge in [0.1, 0.15) is 11.2 Å². The van der Waals surface area contributed by atoms with Crippen LogP contribution in [0.1, 0.15) is 0 Å². The van der Waals surface area contributed by atoms with Gasteiger partial charge in [-0.15, -0.1) is 0 Å². The van der Waals surface area contributed by atoms with Gasteiger partial charge in [-0.3, -0.25) is 0 Å². The molecule has 32 heavy (non-hydrogen) atoms. The Hall–Kier alpha value is -4.30. The lowest BCUT2D eigenvalue weighted by Gasteiger charge is -2.10. The van der Waals surface area contributed by atoms with Crippen molar-refractivity contribution in [2.24, 2.45) is 0 Å². The number of fused-ring (bicyclic) bond motifs is 8. The van der Waals surface area contributed by atoms with Gasteiger partial charge in [-0.05, 0) is 68.7 Å². The van der Waals surface area contributed by atoms with Gasteiger partial charge in [0.05, 0.1) is 0 Å². The van der Waals surface area contributed by atoms with Crippen LogP contribution in [0.2, 0.25) is 0 Å². The molecule has 0 fully saturated rings. The van der Waals surface area contributed by atoms with Crippen LogP contribution in [0.4, 0.5) is 11.4 Å². The molecule has 0 aliphatic carbocycles. The van der Waals surface area contributed by atoms with Gasteiger partial charge >= 0.3 is 0 Å². The summed E-state index contributed by atoms with van der Waals surface area (Å²) in [6, 6.07) is 38.5. The van der Waals surface area contributed by atoms with Crippen LogP contribution >= 0.6 is 0 Å². The summed E-state index contributed by atoms with van der Waals surface area (Å²) in [6.07, 6.45) is 0. The summed E-state index contributed by atoms with van der Waals surface area (Å²) in [5, 5.41) is 13.4. The van der Waals surface area contributed by atoms with Crippen LogP contribution in [0, 0.1) is 0 Å². The molecular formula is C30H19NO. The molecule has 0 spiro atoms. The third-order valence-electron chi connectivity index (χ3n) is 6.39. The predicted octanol–water partition coefficient (Wildman–Crippen LogP) is 8.79. The lowest BCUT2D eigenvalue weighted by Crippen LogP contribution is -1.90. The van der Waals surface area contributed by atoms with Gasteiger partial charge < -0.3 is 9.73 Å². The first-order valence-corrected chi connectivity index (χ1v) is 10.9. The Morgan fingerprint density at radius 1 is 0.438 bits per heavy atom. The van der Waals surface area contributed by atoms with Crippen LogP contribution in [0.25, 0.3) is 54.3 Å². The van der Waals surface area contributed by atoms with Crippen molar-refractivity contribution in [2.75, 3.05) is 5.32 Å². The van der Waals surface area contributed by atoms with Gasteiger partial charge in [-0.1, -0.05) is 72.8 Å². The summed E-state index contributed by atoms with van der Waals surface area (Å²) < 4.78 is 6.14. The second-order valence-corrected chi connectivity index (χ2v) is 8.32. The van der Waals surface area contributed by atoms with Crippen molar-refractivity contribution in [3.8, 4) is 0 Å². The van der Waals surface area contributed by atoms with Gasteiger partial charge in [-0.2, -0.15) is 0 Å². The molecule has 6 aromatic carbocycles. The van der Waals surface area contributed by atoms with Crippen LogP contribution in [0.3, 0.4) is 0 Å². The van der Waals surface area contributed by atoms with Gasteiger partial charge in [0.2, 0.25) is 0 Å². The summed E-state index contributed by atoms with van der Waals surface area (Å²) in [5.74, 6) is 0. The number of anilines is 2. The number of furan rings is 1. The highest BCUT2D eigenvalue weighted by molar-refractivity contribution is 6.19. The first-order chi connectivity index (χ1) is 15.8. The largest absolute Gasteiger partial charge is 0.456 e. The average Bonchev–Trinajstić information content (AvgIpc) is 3.22. The van der Waals surface area contributed by atoms with Gasteiger partial charge in [0, 0.05) is 22.1 Å². The van der Waals surface area contributed by atoms with Crippen LogP contribution in [-0.4, -0.2) is 0 Å². The third-order valence-corrected chi connectivity index (χ3v) is 6.39. The molecule has 0 unspecified atom stereocenters. The highest BCUT2D eigenvalue weighted by Gasteiger charge is 2.11. The minimum Gasteiger partial charge on any atom is -0.456 e. The Morgan fingerprint density at radius 2 is 1.06 bits per heavy atom. The number of hydrogen-bond donors (Lipinski definition) is 1. The van der Waals surface area contributed by atoms with E-state index >= 15 is 0 Å². The molecule has 0 saturated carbocycles. The van der Waals surface area contributed by atoms with Crippen LogP contribution < -0.4 is 5.32 Å². The topological polar surface area (TPSA) is 25.2 Å². The molecule has 0 bridgehead atoms. The van der Waals surface area contributed by atoms with Gasteiger partial charge in [0.15, 0.2) is 0 Å². The smallest absolute Gasteiger partial charge is 0.136 e. The molecule has 7 rings (SSSR count).